The Morgan fingerprint density at radius 3 is 2.39 bits per heavy atom. The first-order chi connectivity index (χ1) is 24.6. The molecule has 11 heteroatoms. The SMILES string of the molecule is COc1ccc2c(c1)C1CC1(C(=O)N1C3CCC1CC(NCC1CC1)C3)Cn1c-2c(C2CCCCC2)c2ccc(C(=O)NS(=O)(=O)N(C)C)cc21. The molecule has 4 heterocycles. The fraction of sp³-hybridized carbons (Fsp3) is 0.600. The Labute approximate surface area is 301 Å². The van der Waals surface area contributed by atoms with Crippen LogP contribution < -0.4 is 14.8 Å². The number of aromatic nitrogens is 1. The summed E-state index contributed by atoms with van der Waals surface area (Å²) < 4.78 is 36.7. The van der Waals surface area contributed by atoms with Crippen LogP contribution in [0.4, 0.5) is 0 Å². The van der Waals surface area contributed by atoms with Crippen LogP contribution in [0.1, 0.15) is 110 Å². The summed E-state index contributed by atoms with van der Waals surface area (Å²) in [5, 5.41) is 4.94. The van der Waals surface area contributed by atoms with Crippen molar-refractivity contribution < 1.29 is 22.7 Å². The number of piperidine rings is 1. The minimum Gasteiger partial charge on any atom is -0.497 e. The first-order valence-corrected chi connectivity index (χ1v) is 20.7. The second-order valence-corrected chi connectivity index (χ2v) is 18.5. The molecule has 2 bridgehead atoms. The number of hydrogen-bond acceptors (Lipinski definition) is 6. The molecule has 10 nitrogen and oxygen atoms in total. The van der Waals surface area contributed by atoms with Gasteiger partial charge in [0.15, 0.2) is 0 Å². The summed E-state index contributed by atoms with van der Waals surface area (Å²) in [7, 11) is 0.534. The van der Waals surface area contributed by atoms with Gasteiger partial charge in [0, 0.05) is 66.7 Å². The molecule has 9 rings (SSSR count). The Bertz CT molecular complexity index is 2000. The highest BCUT2D eigenvalue weighted by molar-refractivity contribution is 7.87. The van der Waals surface area contributed by atoms with Crippen molar-refractivity contribution in [3.63, 3.8) is 0 Å². The molecule has 4 atom stereocenters. The molecule has 1 aromatic heterocycles. The van der Waals surface area contributed by atoms with Gasteiger partial charge in [-0.25, -0.2) is 4.72 Å². The molecule has 51 heavy (non-hydrogen) atoms. The number of rotatable bonds is 9. The molecule has 6 aliphatic rings. The Hall–Kier alpha value is -3.41. The number of fused-ring (bicyclic) bond motifs is 9. The number of hydrogen-bond donors (Lipinski definition) is 2. The molecule has 2 saturated heterocycles. The van der Waals surface area contributed by atoms with Gasteiger partial charge in [0.25, 0.3) is 5.91 Å². The second kappa shape index (κ2) is 12.3. The first-order valence-electron chi connectivity index (χ1n) is 19.2. The Balaban J connectivity index is 1.16. The van der Waals surface area contributed by atoms with Crippen molar-refractivity contribution >= 4 is 32.9 Å². The van der Waals surface area contributed by atoms with Gasteiger partial charge in [0.05, 0.1) is 18.2 Å². The molecule has 0 spiro atoms. The Morgan fingerprint density at radius 1 is 0.961 bits per heavy atom. The van der Waals surface area contributed by atoms with Gasteiger partial charge in [0.1, 0.15) is 5.75 Å². The van der Waals surface area contributed by atoms with Crippen LogP contribution >= 0.6 is 0 Å². The van der Waals surface area contributed by atoms with E-state index >= 15 is 4.79 Å². The number of benzene rings is 2. The lowest BCUT2D eigenvalue weighted by Gasteiger charge is -2.41. The molecule has 2 amide bonds. The highest BCUT2D eigenvalue weighted by Gasteiger charge is 2.65. The van der Waals surface area contributed by atoms with E-state index in [0.717, 1.165) is 89.6 Å². The number of methoxy groups -OCH3 is 1. The highest BCUT2D eigenvalue weighted by atomic mass is 32.2. The van der Waals surface area contributed by atoms with Gasteiger partial charge in [-0.1, -0.05) is 25.3 Å². The van der Waals surface area contributed by atoms with Gasteiger partial charge in [-0.15, -0.1) is 0 Å². The van der Waals surface area contributed by atoms with E-state index in [2.05, 4.69) is 31.6 Å². The van der Waals surface area contributed by atoms with Crippen LogP contribution in [-0.2, 0) is 21.5 Å². The molecule has 3 aliphatic carbocycles. The van der Waals surface area contributed by atoms with Gasteiger partial charge < -0.3 is 19.5 Å². The third-order valence-corrected chi connectivity index (χ3v) is 14.7. The third kappa shape index (κ3) is 5.60. The number of carbonyl (C=O) groups excluding carboxylic acids is 2. The molecule has 2 aromatic carbocycles. The van der Waals surface area contributed by atoms with Crippen molar-refractivity contribution in [2.24, 2.45) is 11.3 Å². The maximum absolute atomic E-state index is 15.3. The Kier molecular flexibility index (Phi) is 8.09. The summed E-state index contributed by atoms with van der Waals surface area (Å²) in [5.74, 6) is 1.70. The molecule has 272 valence electrons. The molecule has 5 fully saturated rings. The molecular weight excluding hydrogens is 663 g/mol. The molecule has 4 unspecified atom stereocenters. The average molecular weight is 714 g/mol. The van der Waals surface area contributed by atoms with E-state index < -0.39 is 21.5 Å². The molecule has 3 aromatic rings. The molecular formula is C40H51N5O5S. The van der Waals surface area contributed by atoms with Crippen molar-refractivity contribution in [1.29, 1.82) is 0 Å². The average Bonchev–Trinajstić information content (AvgIpc) is 4.04. The van der Waals surface area contributed by atoms with E-state index in [1.165, 1.54) is 57.3 Å². The second-order valence-electron chi connectivity index (χ2n) is 16.6. The van der Waals surface area contributed by atoms with Crippen LogP contribution in [0.3, 0.4) is 0 Å². The van der Waals surface area contributed by atoms with Gasteiger partial charge in [-0.2, -0.15) is 12.7 Å². The zero-order valence-corrected chi connectivity index (χ0v) is 30.9. The topological polar surface area (TPSA) is 113 Å². The summed E-state index contributed by atoms with van der Waals surface area (Å²) in [4.78, 5) is 31.0. The number of amides is 2. The quantitative estimate of drug-likeness (QED) is 0.285. The maximum Gasteiger partial charge on any atom is 0.303 e. The van der Waals surface area contributed by atoms with Gasteiger partial charge in [-0.05, 0) is 118 Å². The highest BCUT2D eigenvalue weighted by Crippen LogP contribution is 2.67. The number of ether oxygens (including phenoxy) is 1. The van der Waals surface area contributed by atoms with Crippen LogP contribution in [0.5, 0.6) is 5.75 Å². The van der Waals surface area contributed by atoms with Gasteiger partial charge in [0.2, 0.25) is 5.91 Å². The molecule has 0 radical (unpaired) electrons. The lowest BCUT2D eigenvalue weighted by atomic mass is 9.81. The smallest absolute Gasteiger partial charge is 0.303 e. The standard InChI is InChI=1S/C40H51N5O5S/c1-43(2)51(48,49)42-38(46)26-11-15-32-35(17-26)44-23-40(39(47)45-28-12-13-29(45)19-27(18-28)41-22-24-9-10-24)21-34(40)33-20-30(50-3)14-16-31(33)37(44)36(32)25-7-5-4-6-8-25/h11,14-17,20,24-25,27-29,34,41H,4-10,12-13,18-19,21-23H2,1-3H3,(H,42,46). The van der Waals surface area contributed by atoms with E-state index in [0.29, 0.717) is 18.5 Å². The van der Waals surface area contributed by atoms with Crippen molar-refractivity contribution in [3.8, 4) is 17.0 Å². The largest absolute Gasteiger partial charge is 0.497 e. The zero-order chi connectivity index (χ0) is 35.2. The van der Waals surface area contributed by atoms with Crippen molar-refractivity contribution in [2.45, 2.75) is 114 Å². The molecule has 2 N–H and O–H groups in total. The number of nitrogens with one attached hydrogen (secondary N) is 2. The van der Waals surface area contributed by atoms with Crippen molar-refractivity contribution in [1.82, 2.24) is 23.8 Å². The fourth-order valence-electron chi connectivity index (χ4n) is 10.3. The van der Waals surface area contributed by atoms with E-state index in [4.69, 9.17) is 4.74 Å². The van der Waals surface area contributed by atoms with Gasteiger partial charge in [-0.3, -0.25) is 9.59 Å². The summed E-state index contributed by atoms with van der Waals surface area (Å²) in [6.07, 6.45) is 13.4. The minimum atomic E-state index is -3.97. The maximum atomic E-state index is 15.3. The normalized spacial score (nSPS) is 28.6. The van der Waals surface area contributed by atoms with Gasteiger partial charge >= 0.3 is 10.2 Å². The molecule has 3 saturated carbocycles. The molecule has 3 aliphatic heterocycles. The monoisotopic (exact) mass is 713 g/mol. The first kappa shape index (κ1) is 33.4. The van der Waals surface area contributed by atoms with E-state index in [1.807, 2.05) is 18.2 Å². The lowest BCUT2D eigenvalue weighted by Crippen LogP contribution is -2.54. The number of carbonyl (C=O) groups is 2. The van der Waals surface area contributed by atoms with Crippen LogP contribution in [0.15, 0.2) is 36.4 Å². The summed E-state index contributed by atoms with van der Waals surface area (Å²) in [6, 6.07) is 13.0. The predicted molar refractivity (Wildman–Crippen MR) is 197 cm³/mol. The van der Waals surface area contributed by atoms with Crippen LogP contribution in [0.2, 0.25) is 0 Å². The predicted octanol–water partition coefficient (Wildman–Crippen LogP) is 5.91. The lowest BCUT2D eigenvalue weighted by molar-refractivity contribution is -0.142. The van der Waals surface area contributed by atoms with Crippen LogP contribution in [0.25, 0.3) is 22.2 Å². The zero-order valence-electron chi connectivity index (χ0n) is 30.1. The van der Waals surface area contributed by atoms with Crippen molar-refractivity contribution in [3.05, 3.63) is 53.1 Å². The Morgan fingerprint density at radius 2 is 1.71 bits per heavy atom. The summed E-state index contributed by atoms with van der Waals surface area (Å²) >= 11 is 0. The fourth-order valence-corrected chi connectivity index (χ4v) is 10.8. The number of nitrogens with zero attached hydrogens (tertiary/aromatic N) is 3. The van der Waals surface area contributed by atoms with E-state index in [1.54, 1.807) is 13.2 Å². The van der Waals surface area contributed by atoms with Crippen molar-refractivity contribution in [2.75, 3.05) is 27.7 Å². The van der Waals surface area contributed by atoms with Crippen LogP contribution in [0, 0.1) is 11.3 Å². The summed E-state index contributed by atoms with van der Waals surface area (Å²) in [6.45, 7) is 1.64. The summed E-state index contributed by atoms with van der Waals surface area (Å²) in [5.41, 5.74) is 5.38. The minimum absolute atomic E-state index is 0.0751. The third-order valence-electron chi connectivity index (χ3n) is 13.3. The van der Waals surface area contributed by atoms with E-state index in [9.17, 15) is 13.2 Å². The van der Waals surface area contributed by atoms with Crippen LogP contribution in [-0.4, -0.2) is 79.9 Å². The van der Waals surface area contributed by atoms with E-state index in [-0.39, 0.29) is 29.5 Å².